The van der Waals surface area contributed by atoms with Crippen molar-refractivity contribution in [2.45, 2.75) is 44.6 Å². The summed E-state index contributed by atoms with van der Waals surface area (Å²) in [4.78, 5) is 34.5. The van der Waals surface area contributed by atoms with E-state index >= 15 is 0 Å². The lowest BCUT2D eigenvalue weighted by Gasteiger charge is -2.39. The number of anilines is 2. The first-order valence-electron chi connectivity index (χ1n) is 12.7. The number of fused-ring (bicyclic) bond motifs is 1. The van der Waals surface area contributed by atoms with Gasteiger partial charge in [0.25, 0.3) is 6.23 Å². The highest BCUT2D eigenvalue weighted by molar-refractivity contribution is 6.31. The van der Waals surface area contributed by atoms with E-state index in [2.05, 4.69) is 15.3 Å². The Morgan fingerprint density at radius 1 is 1.30 bits per heavy atom. The molecule has 0 bridgehead atoms. The van der Waals surface area contributed by atoms with Gasteiger partial charge in [0.1, 0.15) is 36.7 Å². The first kappa shape index (κ1) is 27.8. The molecule has 2 atom stereocenters. The summed E-state index contributed by atoms with van der Waals surface area (Å²) in [5.74, 6) is -1.65. The smallest absolute Gasteiger partial charge is 0.360 e. The number of benzene rings is 2. The maximum absolute atomic E-state index is 13.7. The number of rotatable bonds is 9. The van der Waals surface area contributed by atoms with Crippen LogP contribution in [0.25, 0.3) is 10.9 Å². The average Bonchev–Trinajstić information content (AvgIpc) is 3.40. The molecule has 2 N–H and O–H groups in total. The largest absolute Gasteiger partial charge is 0.487 e. The summed E-state index contributed by atoms with van der Waals surface area (Å²) in [6.45, 7) is 4.14. The van der Waals surface area contributed by atoms with E-state index in [1.54, 1.807) is 26.0 Å². The van der Waals surface area contributed by atoms with Gasteiger partial charge in [0, 0.05) is 30.3 Å². The molecule has 40 heavy (non-hydrogen) atoms. The molecule has 13 heteroatoms. The highest BCUT2D eigenvalue weighted by Gasteiger charge is 2.40. The number of cyclic esters (lactones) is 1. The Kier molecular flexibility index (Phi) is 7.92. The minimum Gasteiger partial charge on any atom is -0.487 e. The third-order valence-electron chi connectivity index (χ3n) is 6.42. The Morgan fingerprint density at radius 2 is 2.12 bits per heavy atom. The molecule has 2 fully saturated rings. The Hall–Kier alpha value is -3.74. The lowest BCUT2D eigenvalue weighted by atomic mass is 10.1. The maximum Gasteiger partial charge on any atom is 0.360 e. The Bertz CT molecular complexity index is 1430. The van der Waals surface area contributed by atoms with Crippen LogP contribution in [0, 0.1) is 5.82 Å². The van der Waals surface area contributed by atoms with Crippen LogP contribution in [0.5, 0.6) is 11.5 Å². The molecule has 11 nitrogen and oxygen atoms in total. The van der Waals surface area contributed by atoms with Crippen molar-refractivity contribution in [1.82, 2.24) is 14.9 Å². The van der Waals surface area contributed by atoms with E-state index in [9.17, 15) is 19.1 Å². The summed E-state index contributed by atoms with van der Waals surface area (Å²) in [7, 11) is 0. The minimum atomic E-state index is -1.50. The number of halogens is 2. The van der Waals surface area contributed by atoms with Gasteiger partial charge in [0.2, 0.25) is 0 Å². The van der Waals surface area contributed by atoms with Crippen molar-refractivity contribution in [2.75, 3.05) is 31.6 Å². The van der Waals surface area contributed by atoms with Crippen molar-refractivity contribution >= 4 is 45.9 Å². The van der Waals surface area contributed by atoms with Gasteiger partial charge in [-0.25, -0.2) is 24.1 Å². The highest BCUT2D eigenvalue weighted by atomic mass is 35.5. The van der Waals surface area contributed by atoms with Crippen LogP contribution in [0.3, 0.4) is 0 Å². The molecule has 1 unspecified atom stereocenters. The lowest BCUT2D eigenvalue weighted by molar-refractivity contribution is -0.182. The topological polar surface area (TPSA) is 132 Å². The van der Waals surface area contributed by atoms with Crippen LogP contribution >= 0.6 is 11.6 Å². The molecule has 3 aromatic rings. The molecule has 1 aromatic heterocycles. The predicted octanol–water partition coefficient (Wildman–Crippen LogP) is 4.15. The molecule has 2 aromatic carbocycles. The van der Waals surface area contributed by atoms with Gasteiger partial charge in [0.15, 0.2) is 11.5 Å². The number of carboxylic acid groups (broad SMARTS) is 1. The first-order valence-corrected chi connectivity index (χ1v) is 13.1. The quantitative estimate of drug-likeness (QED) is 0.357. The molecule has 2 aliphatic heterocycles. The van der Waals surface area contributed by atoms with Crippen molar-refractivity contribution in [1.29, 1.82) is 0 Å². The van der Waals surface area contributed by atoms with E-state index in [1.807, 2.05) is 0 Å². The monoisotopic (exact) mass is 574 g/mol. The fourth-order valence-electron chi connectivity index (χ4n) is 4.69. The van der Waals surface area contributed by atoms with Crippen molar-refractivity contribution in [3.05, 3.63) is 47.5 Å². The second-order valence-corrected chi connectivity index (χ2v) is 10.6. The maximum atomic E-state index is 13.7. The molecule has 5 rings (SSSR count). The van der Waals surface area contributed by atoms with Gasteiger partial charge in [-0.15, -0.1) is 0 Å². The standard InChI is InChI=1S/C27H28ClFN4O7/c1-27(2)13-33(11-23(34)40-27)25(26(35)36)39-22-10-20-17(9-21(22)38-12-16-4-3-7-37-16)24(31-14-30-20)32-15-5-6-19(29)18(28)8-15/h5-6,8-10,14,16,25H,3-4,7,11-13H2,1-2H3,(H,35,36)(H,30,31,32)/t16-,25?/m0/s1. The first-order chi connectivity index (χ1) is 19.1. The zero-order valence-electron chi connectivity index (χ0n) is 21.9. The lowest BCUT2D eigenvalue weighted by Crippen LogP contribution is -2.58. The Morgan fingerprint density at radius 3 is 2.83 bits per heavy atom. The number of hydrogen-bond acceptors (Lipinski definition) is 10. The number of nitrogens with one attached hydrogen (secondary N) is 1. The van der Waals surface area contributed by atoms with E-state index in [0.717, 1.165) is 12.8 Å². The number of aliphatic carboxylic acids is 1. The fraction of sp³-hybridized carbons (Fsp3) is 0.407. The van der Waals surface area contributed by atoms with Crippen LogP contribution in [0.1, 0.15) is 26.7 Å². The SMILES string of the molecule is CC1(C)CN(C(Oc2cc3ncnc(Nc4ccc(F)c(Cl)c4)c3cc2OC[C@@H]2CCCO2)C(=O)O)CC(=O)O1. The second kappa shape index (κ2) is 11.4. The van der Waals surface area contributed by atoms with Gasteiger partial charge < -0.3 is 29.4 Å². The van der Waals surface area contributed by atoms with Crippen LogP contribution in [0.2, 0.25) is 5.02 Å². The molecule has 0 spiro atoms. The van der Waals surface area contributed by atoms with E-state index < -0.39 is 29.6 Å². The Balaban J connectivity index is 1.50. The van der Waals surface area contributed by atoms with Crippen LogP contribution < -0.4 is 14.8 Å². The highest BCUT2D eigenvalue weighted by Crippen LogP contribution is 2.37. The van der Waals surface area contributed by atoms with E-state index in [-0.39, 0.29) is 42.3 Å². The van der Waals surface area contributed by atoms with E-state index in [4.69, 9.17) is 30.5 Å². The fourth-order valence-corrected chi connectivity index (χ4v) is 4.87. The number of carbonyl (C=O) groups is 2. The number of aromatic nitrogens is 2. The molecule has 212 valence electrons. The zero-order valence-corrected chi connectivity index (χ0v) is 22.6. The minimum absolute atomic E-state index is 0.0517. The van der Waals surface area contributed by atoms with Gasteiger partial charge in [-0.3, -0.25) is 4.79 Å². The van der Waals surface area contributed by atoms with Crippen LogP contribution in [-0.4, -0.2) is 76.1 Å². The van der Waals surface area contributed by atoms with Crippen molar-refractivity contribution in [3.63, 3.8) is 0 Å². The van der Waals surface area contributed by atoms with E-state index in [0.29, 0.717) is 29.0 Å². The van der Waals surface area contributed by atoms with Gasteiger partial charge in [-0.1, -0.05) is 11.6 Å². The van der Waals surface area contributed by atoms with E-state index in [1.165, 1.54) is 29.4 Å². The molecule has 0 aliphatic carbocycles. The second-order valence-electron chi connectivity index (χ2n) is 10.2. The van der Waals surface area contributed by atoms with Crippen LogP contribution in [0.4, 0.5) is 15.9 Å². The average molecular weight is 575 g/mol. The molecule has 2 aliphatic rings. The summed E-state index contributed by atoms with van der Waals surface area (Å²) in [6.07, 6.45) is 1.44. The summed E-state index contributed by atoms with van der Waals surface area (Å²) >= 11 is 5.94. The summed E-state index contributed by atoms with van der Waals surface area (Å²) in [5.41, 5.74) is 0.0261. The van der Waals surface area contributed by atoms with Gasteiger partial charge in [-0.05, 0) is 51.0 Å². The normalized spacial score (nSPS) is 19.7. The molecular weight excluding hydrogens is 547 g/mol. The van der Waals surface area contributed by atoms with Crippen LogP contribution in [0.15, 0.2) is 36.7 Å². The van der Waals surface area contributed by atoms with Crippen LogP contribution in [-0.2, 0) is 19.1 Å². The number of morpholine rings is 1. The number of esters is 1. The van der Waals surface area contributed by atoms with Gasteiger partial charge in [0.05, 0.1) is 16.6 Å². The van der Waals surface area contributed by atoms with Gasteiger partial charge >= 0.3 is 11.9 Å². The molecule has 0 saturated carbocycles. The number of ether oxygens (including phenoxy) is 4. The van der Waals surface area contributed by atoms with Crippen molar-refractivity contribution < 1.29 is 38.0 Å². The molecule has 0 amide bonds. The van der Waals surface area contributed by atoms with Crippen molar-refractivity contribution in [2.24, 2.45) is 0 Å². The number of hydrogen-bond donors (Lipinski definition) is 2. The van der Waals surface area contributed by atoms with Gasteiger partial charge in [-0.2, -0.15) is 0 Å². The summed E-state index contributed by atoms with van der Waals surface area (Å²) < 4.78 is 36.8. The number of nitrogens with zero attached hydrogens (tertiary/aromatic N) is 3. The number of carbonyl (C=O) groups excluding carboxylic acids is 1. The molecule has 0 radical (unpaired) electrons. The Labute approximate surface area is 234 Å². The molecular formula is C27H28ClFN4O7. The number of carboxylic acids is 1. The van der Waals surface area contributed by atoms with Crippen molar-refractivity contribution in [3.8, 4) is 11.5 Å². The predicted molar refractivity (Wildman–Crippen MR) is 142 cm³/mol. The summed E-state index contributed by atoms with van der Waals surface area (Å²) in [6, 6.07) is 7.37. The zero-order chi connectivity index (χ0) is 28.4. The third-order valence-corrected chi connectivity index (χ3v) is 6.71. The molecule has 3 heterocycles. The summed E-state index contributed by atoms with van der Waals surface area (Å²) in [5, 5.41) is 13.6. The third kappa shape index (κ3) is 6.35. The molecule has 2 saturated heterocycles.